The molecule has 1 N–H and O–H groups in total. The Bertz CT molecular complexity index is 348. The largest absolute Gasteiger partial charge is 0.454 e. The molecule has 3 heteroatoms. The van der Waals surface area contributed by atoms with Gasteiger partial charge in [0.05, 0.1) is 5.60 Å². The van der Waals surface area contributed by atoms with E-state index in [1.807, 2.05) is 6.08 Å². The molecule has 0 radical (unpaired) electrons. The second kappa shape index (κ2) is 3.10. The topological polar surface area (TPSA) is 46.5 Å². The number of carbonyl (C=O) groups excluding carboxylic acids is 1. The molecule has 0 aromatic carbocycles. The predicted octanol–water partition coefficient (Wildman–Crippen LogP) is 1.11. The smallest absolute Gasteiger partial charge is 0.331 e. The van der Waals surface area contributed by atoms with Crippen LogP contribution in [0, 0.1) is 0 Å². The molecule has 2 rings (SSSR count). The van der Waals surface area contributed by atoms with Crippen molar-refractivity contribution in [3.8, 4) is 0 Å². The zero-order valence-electron chi connectivity index (χ0n) is 7.93. The number of aliphatic hydroxyl groups is 1. The van der Waals surface area contributed by atoms with E-state index < -0.39 is 5.60 Å². The number of hydrogen-bond donors (Lipinski definition) is 1. The standard InChI is InChI=1S/C11H12O3/c1-11(13)6-2-3-8-4-5-10(12)14-9(8)7-11/h2-6,9,13H,7H2,1H3. The third-order valence-corrected chi connectivity index (χ3v) is 2.38. The summed E-state index contributed by atoms with van der Waals surface area (Å²) in [6.07, 6.45) is 8.58. The van der Waals surface area contributed by atoms with Crippen LogP contribution < -0.4 is 0 Å². The van der Waals surface area contributed by atoms with Gasteiger partial charge < -0.3 is 9.84 Å². The number of esters is 1. The maximum atomic E-state index is 11.0. The molecule has 0 fully saturated rings. The van der Waals surface area contributed by atoms with E-state index in [4.69, 9.17) is 4.74 Å². The van der Waals surface area contributed by atoms with Crippen molar-refractivity contribution < 1.29 is 14.6 Å². The van der Waals surface area contributed by atoms with E-state index in [1.54, 1.807) is 25.2 Å². The molecule has 74 valence electrons. The van der Waals surface area contributed by atoms with Crippen LogP contribution in [0.25, 0.3) is 0 Å². The molecule has 2 unspecified atom stereocenters. The second-order valence-electron chi connectivity index (χ2n) is 3.85. The fraction of sp³-hybridized carbons (Fsp3) is 0.364. The van der Waals surface area contributed by atoms with Crippen LogP contribution in [0.4, 0.5) is 0 Å². The van der Waals surface area contributed by atoms with Gasteiger partial charge in [-0.05, 0) is 18.6 Å². The normalized spacial score (nSPS) is 35.7. The molecule has 2 aliphatic rings. The molecule has 3 nitrogen and oxygen atoms in total. The molecular weight excluding hydrogens is 180 g/mol. The molecule has 1 heterocycles. The summed E-state index contributed by atoms with van der Waals surface area (Å²) in [6, 6.07) is 0. The molecule has 0 bridgehead atoms. The molecule has 1 aliphatic heterocycles. The molecule has 0 saturated heterocycles. The Morgan fingerprint density at radius 3 is 3.14 bits per heavy atom. The quantitative estimate of drug-likeness (QED) is 0.585. The van der Waals surface area contributed by atoms with Crippen LogP contribution in [-0.4, -0.2) is 22.8 Å². The lowest BCUT2D eigenvalue weighted by molar-refractivity contribution is -0.143. The van der Waals surface area contributed by atoms with Crippen molar-refractivity contribution >= 4 is 5.97 Å². The first-order chi connectivity index (χ1) is 6.57. The van der Waals surface area contributed by atoms with Crippen molar-refractivity contribution in [3.05, 3.63) is 36.0 Å². The molecular formula is C11H12O3. The van der Waals surface area contributed by atoms with E-state index in [2.05, 4.69) is 0 Å². The highest BCUT2D eigenvalue weighted by Crippen LogP contribution is 2.27. The summed E-state index contributed by atoms with van der Waals surface area (Å²) in [7, 11) is 0. The zero-order chi connectivity index (χ0) is 10.2. The molecule has 0 amide bonds. The Morgan fingerprint density at radius 2 is 2.36 bits per heavy atom. The van der Waals surface area contributed by atoms with Gasteiger partial charge in [0, 0.05) is 12.5 Å². The molecule has 0 aromatic rings. The number of hydrogen-bond acceptors (Lipinski definition) is 3. The third-order valence-electron chi connectivity index (χ3n) is 2.38. The van der Waals surface area contributed by atoms with Crippen molar-refractivity contribution in [2.75, 3.05) is 0 Å². The average Bonchev–Trinajstić information content (AvgIpc) is 2.21. The van der Waals surface area contributed by atoms with Crippen molar-refractivity contribution in [2.24, 2.45) is 0 Å². The van der Waals surface area contributed by atoms with E-state index >= 15 is 0 Å². The van der Waals surface area contributed by atoms with Crippen molar-refractivity contribution in [3.63, 3.8) is 0 Å². The Hall–Kier alpha value is -1.35. The van der Waals surface area contributed by atoms with E-state index in [-0.39, 0.29) is 12.1 Å². The van der Waals surface area contributed by atoms with E-state index in [0.717, 1.165) is 5.57 Å². The lowest BCUT2D eigenvalue weighted by Crippen LogP contribution is -2.31. The van der Waals surface area contributed by atoms with Gasteiger partial charge in [-0.25, -0.2) is 4.79 Å². The van der Waals surface area contributed by atoms with Gasteiger partial charge in [-0.15, -0.1) is 0 Å². The highest BCUT2D eigenvalue weighted by Gasteiger charge is 2.30. The lowest BCUT2D eigenvalue weighted by Gasteiger charge is -2.26. The number of carbonyl (C=O) groups is 1. The first-order valence-corrected chi connectivity index (χ1v) is 4.57. The number of fused-ring (bicyclic) bond motifs is 1. The van der Waals surface area contributed by atoms with Crippen LogP contribution in [-0.2, 0) is 9.53 Å². The lowest BCUT2D eigenvalue weighted by atomic mass is 9.95. The van der Waals surface area contributed by atoms with Crippen LogP contribution in [0.5, 0.6) is 0 Å². The van der Waals surface area contributed by atoms with Gasteiger partial charge >= 0.3 is 5.97 Å². The van der Waals surface area contributed by atoms with Gasteiger partial charge in [0.25, 0.3) is 0 Å². The van der Waals surface area contributed by atoms with Gasteiger partial charge in [0.1, 0.15) is 6.10 Å². The van der Waals surface area contributed by atoms with E-state index in [9.17, 15) is 9.90 Å². The van der Waals surface area contributed by atoms with Crippen LogP contribution in [0.2, 0.25) is 0 Å². The first kappa shape index (κ1) is 9.21. The molecule has 0 saturated carbocycles. The van der Waals surface area contributed by atoms with Crippen molar-refractivity contribution in [1.29, 1.82) is 0 Å². The van der Waals surface area contributed by atoms with Gasteiger partial charge in [-0.3, -0.25) is 0 Å². The summed E-state index contributed by atoms with van der Waals surface area (Å²) in [5, 5.41) is 9.84. The fourth-order valence-electron chi connectivity index (χ4n) is 1.65. The molecule has 2 atom stereocenters. The molecule has 0 aromatic heterocycles. The monoisotopic (exact) mass is 192 g/mol. The Morgan fingerprint density at radius 1 is 1.57 bits per heavy atom. The number of ether oxygens (including phenoxy) is 1. The first-order valence-electron chi connectivity index (χ1n) is 4.57. The summed E-state index contributed by atoms with van der Waals surface area (Å²) in [5.41, 5.74) is 0.0209. The second-order valence-corrected chi connectivity index (χ2v) is 3.85. The summed E-state index contributed by atoms with van der Waals surface area (Å²) >= 11 is 0. The summed E-state index contributed by atoms with van der Waals surface area (Å²) < 4.78 is 5.11. The number of allylic oxidation sites excluding steroid dienone is 2. The minimum absolute atomic E-state index is 0.322. The summed E-state index contributed by atoms with van der Waals surface area (Å²) in [6.45, 7) is 1.70. The van der Waals surface area contributed by atoms with Crippen LogP contribution >= 0.6 is 0 Å². The van der Waals surface area contributed by atoms with Crippen LogP contribution in [0.15, 0.2) is 36.0 Å². The van der Waals surface area contributed by atoms with E-state index in [1.165, 1.54) is 6.08 Å². The molecule has 1 aliphatic carbocycles. The van der Waals surface area contributed by atoms with E-state index in [0.29, 0.717) is 6.42 Å². The fourth-order valence-corrected chi connectivity index (χ4v) is 1.65. The third kappa shape index (κ3) is 1.77. The highest BCUT2D eigenvalue weighted by molar-refractivity contribution is 5.84. The predicted molar refractivity (Wildman–Crippen MR) is 51.5 cm³/mol. The van der Waals surface area contributed by atoms with Crippen LogP contribution in [0.1, 0.15) is 13.3 Å². The SMILES string of the molecule is CC1(O)C=CC=C2C=CC(=O)OC2C1. The average molecular weight is 192 g/mol. The van der Waals surface area contributed by atoms with Gasteiger partial charge in [-0.1, -0.05) is 18.2 Å². The summed E-state index contributed by atoms with van der Waals surface area (Å²) in [5.74, 6) is -0.343. The van der Waals surface area contributed by atoms with Crippen molar-refractivity contribution in [2.45, 2.75) is 25.0 Å². The van der Waals surface area contributed by atoms with Gasteiger partial charge in [0.15, 0.2) is 0 Å². The Kier molecular flexibility index (Phi) is 2.04. The Labute approximate surface area is 82.4 Å². The maximum absolute atomic E-state index is 11.0. The summed E-state index contributed by atoms with van der Waals surface area (Å²) in [4.78, 5) is 11.0. The highest BCUT2D eigenvalue weighted by atomic mass is 16.5. The minimum atomic E-state index is -0.908. The Balaban J connectivity index is 2.29. The molecule has 0 spiro atoms. The molecule has 14 heavy (non-hydrogen) atoms. The number of rotatable bonds is 0. The maximum Gasteiger partial charge on any atom is 0.331 e. The minimum Gasteiger partial charge on any atom is -0.454 e. The zero-order valence-corrected chi connectivity index (χ0v) is 7.93. The van der Waals surface area contributed by atoms with Crippen molar-refractivity contribution in [1.82, 2.24) is 0 Å². The van der Waals surface area contributed by atoms with Crippen LogP contribution in [0.3, 0.4) is 0 Å². The van der Waals surface area contributed by atoms with Gasteiger partial charge in [-0.2, -0.15) is 0 Å². The van der Waals surface area contributed by atoms with Gasteiger partial charge in [0.2, 0.25) is 0 Å².